The van der Waals surface area contributed by atoms with Gasteiger partial charge in [-0.2, -0.15) is 5.10 Å². The Kier molecular flexibility index (Phi) is 4.47. The minimum Gasteiger partial charge on any atom is -0.263 e. The molecule has 2 heterocycles. The standard InChI is InChI=1S/C22H28N4/c1-14-23-20(26-25-14)19-13-17(22(5,6)7)12-18(24-19)15-8-10-16(11-9-15)21(2,3)4/h8-13H,1-7H3,(H,23,25,26). The van der Waals surface area contributed by atoms with Crippen LogP contribution in [0, 0.1) is 6.92 Å². The molecule has 0 fully saturated rings. The second-order valence-corrected chi connectivity index (χ2v) is 8.95. The maximum Gasteiger partial charge on any atom is 0.199 e. The van der Waals surface area contributed by atoms with E-state index in [1.165, 1.54) is 11.1 Å². The van der Waals surface area contributed by atoms with Crippen LogP contribution >= 0.6 is 0 Å². The summed E-state index contributed by atoms with van der Waals surface area (Å²) < 4.78 is 0. The molecule has 0 atom stereocenters. The fourth-order valence-electron chi connectivity index (χ4n) is 2.82. The van der Waals surface area contributed by atoms with Crippen LogP contribution in [-0.2, 0) is 10.8 Å². The molecule has 2 aromatic heterocycles. The van der Waals surface area contributed by atoms with Gasteiger partial charge in [-0.25, -0.2) is 9.97 Å². The predicted molar refractivity (Wildman–Crippen MR) is 107 cm³/mol. The third-order valence-corrected chi connectivity index (χ3v) is 4.56. The van der Waals surface area contributed by atoms with Gasteiger partial charge in [0, 0.05) is 5.56 Å². The molecule has 26 heavy (non-hydrogen) atoms. The molecule has 0 unspecified atom stereocenters. The van der Waals surface area contributed by atoms with Crippen LogP contribution in [0.15, 0.2) is 36.4 Å². The van der Waals surface area contributed by atoms with E-state index in [2.05, 4.69) is 93.1 Å². The van der Waals surface area contributed by atoms with Crippen LogP contribution in [0.2, 0.25) is 0 Å². The molecule has 1 N–H and O–H groups in total. The van der Waals surface area contributed by atoms with Gasteiger partial charge in [-0.3, -0.25) is 5.10 Å². The molecule has 3 aromatic rings. The molecular weight excluding hydrogens is 320 g/mol. The number of hydrogen-bond donors (Lipinski definition) is 1. The van der Waals surface area contributed by atoms with Crippen molar-refractivity contribution in [3.05, 3.63) is 53.3 Å². The lowest BCUT2D eigenvalue weighted by molar-refractivity contribution is 0.589. The van der Waals surface area contributed by atoms with E-state index in [9.17, 15) is 0 Å². The summed E-state index contributed by atoms with van der Waals surface area (Å²) >= 11 is 0. The molecule has 0 saturated carbocycles. The van der Waals surface area contributed by atoms with E-state index in [0.717, 1.165) is 22.8 Å². The number of rotatable bonds is 2. The molecule has 0 aliphatic heterocycles. The molecule has 0 amide bonds. The lowest BCUT2D eigenvalue weighted by Gasteiger charge is -2.21. The van der Waals surface area contributed by atoms with E-state index in [-0.39, 0.29) is 10.8 Å². The Morgan fingerprint density at radius 1 is 0.731 bits per heavy atom. The summed E-state index contributed by atoms with van der Waals surface area (Å²) in [6.07, 6.45) is 0. The Morgan fingerprint density at radius 2 is 1.31 bits per heavy atom. The van der Waals surface area contributed by atoms with E-state index < -0.39 is 0 Å². The first kappa shape index (κ1) is 18.3. The zero-order valence-corrected chi connectivity index (χ0v) is 16.8. The van der Waals surface area contributed by atoms with Gasteiger partial charge in [0.05, 0.1) is 5.69 Å². The van der Waals surface area contributed by atoms with Gasteiger partial charge >= 0.3 is 0 Å². The molecule has 3 rings (SSSR count). The number of H-pyrrole nitrogens is 1. The molecule has 0 aliphatic rings. The summed E-state index contributed by atoms with van der Waals surface area (Å²) in [6.45, 7) is 15.2. The number of hydrogen-bond acceptors (Lipinski definition) is 3. The van der Waals surface area contributed by atoms with Crippen LogP contribution in [-0.4, -0.2) is 20.2 Å². The molecule has 1 aromatic carbocycles. The highest BCUT2D eigenvalue weighted by atomic mass is 15.2. The summed E-state index contributed by atoms with van der Waals surface area (Å²) in [6, 6.07) is 13.0. The van der Waals surface area contributed by atoms with Gasteiger partial charge in [-0.05, 0) is 41.0 Å². The monoisotopic (exact) mass is 348 g/mol. The van der Waals surface area contributed by atoms with Crippen molar-refractivity contribution < 1.29 is 0 Å². The van der Waals surface area contributed by atoms with E-state index >= 15 is 0 Å². The van der Waals surface area contributed by atoms with E-state index in [4.69, 9.17) is 4.98 Å². The molecule has 0 bridgehead atoms. The van der Waals surface area contributed by atoms with Crippen molar-refractivity contribution in [3.63, 3.8) is 0 Å². The zero-order chi connectivity index (χ0) is 19.1. The van der Waals surface area contributed by atoms with Crippen LogP contribution in [0.5, 0.6) is 0 Å². The lowest BCUT2D eigenvalue weighted by Crippen LogP contribution is -2.12. The third kappa shape index (κ3) is 3.85. The zero-order valence-electron chi connectivity index (χ0n) is 16.8. The first-order valence-electron chi connectivity index (χ1n) is 9.07. The summed E-state index contributed by atoms with van der Waals surface area (Å²) in [5.74, 6) is 1.43. The van der Waals surface area contributed by atoms with Gasteiger partial charge in [0.25, 0.3) is 0 Å². The summed E-state index contributed by atoms with van der Waals surface area (Å²) in [7, 11) is 0. The third-order valence-electron chi connectivity index (χ3n) is 4.56. The Balaban J connectivity index is 2.11. The summed E-state index contributed by atoms with van der Waals surface area (Å²) in [5.41, 5.74) is 5.56. The van der Waals surface area contributed by atoms with E-state index in [0.29, 0.717) is 5.82 Å². The fraction of sp³-hybridized carbons (Fsp3) is 0.409. The fourth-order valence-corrected chi connectivity index (χ4v) is 2.82. The van der Waals surface area contributed by atoms with Crippen LogP contribution in [0.25, 0.3) is 22.8 Å². The number of aromatic nitrogens is 4. The Morgan fingerprint density at radius 3 is 1.81 bits per heavy atom. The maximum atomic E-state index is 4.85. The van der Waals surface area contributed by atoms with Crippen molar-refractivity contribution in [1.82, 2.24) is 20.2 Å². The normalized spacial score (nSPS) is 12.4. The highest BCUT2D eigenvalue weighted by molar-refractivity contribution is 5.65. The number of nitrogens with zero attached hydrogens (tertiary/aromatic N) is 3. The van der Waals surface area contributed by atoms with E-state index in [1.807, 2.05) is 6.92 Å². The van der Waals surface area contributed by atoms with Gasteiger partial charge < -0.3 is 0 Å². The highest BCUT2D eigenvalue weighted by Gasteiger charge is 2.19. The Bertz CT molecular complexity index is 907. The highest BCUT2D eigenvalue weighted by Crippen LogP contribution is 2.31. The molecule has 0 saturated heterocycles. The largest absolute Gasteiger partial charge is 0.263 e. The maximum absolute atomic E-state index is 4.85. The molecule has 0 aliphatic carbocycles. The van der Waals surface area contributed by atoms with Crippen LogP contribution in [0.1, 0.15) is 58.5 Å². The van der Waals surface area contributed by atoms with Crippen molar-refractivity contribution in [2.45, 2.75) is 59.3 Å². The molecule has 136 valence electrons. The SMILES string of the molecule is Cc1nc(-c2cc(C(C)(C)C)cc(-c3ccc(C(C)(C)C)cc3)n2)n[nH]1. The van der Waals surface area contributed by atoms with Crippen molar-refractivity contribution in [1.29, 1.82) is 0 Å². The number of aryl methyl sites for hydroxylation is 1. The van der Waals surface area contributed by atoms with Gasteiger partial charge in [-0.1, -0.05) is 65.8 Å². The molecule has 0 spiro atoms. The molecular formula is C22H28N4. The minimum absolute atomic E-state index is 0.0170. The number of benzene rings is 1. The van der Waals surface area contributed by atoms with Crippen molar-refractivity contribution in [2.24, 2.45) is 0 Å². The average Bonchev–Trinajstić information content (AvgIpc) is 2.99. The first-order valence-corrected chi connectivity index (χ1v) is 9.07. The quantitative estimate of drug-likeness (QED) is 0.671. The van der Waals surface area contributed by atoms with Crippen LogP contribution < -0.4 is 0 Å². The summed E-state index contributed by atoms with van der Waals surface area (Å²) in [4.78, 5) is 9.30. The number of pyridine rings is 1. The van der Waals surface area contributed by atoms with E-state index in [1.54, 1.807) is 0 Å². The van der Waals surface area contributed by atoms with Gasteiger partial charge in [0.1, 0.15) is 11.5 Å². The minimum atomic E-state index is 0.0170. The Labute approximate surface area is 156 Å². The van der Waals surface area contributed by atoms with Crippen molar-refractivity contribution in [3.8, 4) is 22.8 Å². The van der Waals surface area contributed by atoms with Gasteiger partial charge in [0.15, 0.2) is 5.82 Å². The summed E-state index contributed by atoms with van der Waals surface area (Å²) in [5, 5.41) is 7.20. The van der Waals surface area contributed by atoms with Gasteiger partial charge in [-0.15, -0.1) is 0 Å². The average molecular weight is 348 g/mol. The van der Waals surface area contributed by atoms with Crippen molar-refractivity contribution >= 4 is 0 Å². The number of aromatic amines is 1. The smallest absolute Gasteiger partial charge is 0.199 e. The lowest BCUT2D eigenvalue weighted by atomic mass is 9.85. The first-order chi connectivity index (χ1) is 12.0. The second-order valence-electron chi connectivity index (χ2n) is 8.95. The number of nitrogens with one attached hydrogen (secondary N) is 1. The van der Waals surface area contributed by atoms with Gasteiger partial charge in [0.2, 0.25) is 0 Å². The molecule has 0 radical (unpaired) electrons. The molecule has 4 nitrogen and oxygen atoms in total. The van der Waals surface area contributed by atoms with Crippen molar-refractivity contribution in [2.75, 3.05) is 0 Å². The predicted octanol–water partition coefficient (Wildman–Crippen LogP) is 5.44. The Hall–Kier alpha value is -2.49. The van der Waals surface area contributed by atoms with Crippen LogP contribution in [0.3, 0.4) is 0 Å². The second kappa shape index (κ2) is 6.35. The topological polar surface area (TPSA) is 54.5 Å². The van der Waals surface area contributed by atoms with Crippen LogP contribution in [0.4, 0.5) is 0 Å². The molecule has 4 heteroatoms.